The van der Waals surface area contributed by atoms with Gasteiger partial charge in [-0.1, -0.05) is 13.8 Å². The Morgan fingerprint density at radius 1 is 1.34 bits per heavy atom. The van der Waals surface area contributed by atoms with E-state index in [0.717, 1.165) is 35.2 Å². The highest BCUT2D eigenvalue weighted by atomic mass is 16.3. The second kappa shape index (κ2) is 8.16. The van der Waals surface area contributed by atoms with E-state index in [2.05, 4.69) is 32.2 Å². The molecule has 3 aromatic rings. The zero-order valence-corrected chi connectivity index (χ0v) is 16.7. The number of aliphatic hydroxyl groups excluding tert-OH is 1. The van der Waals surface area contributed by atoms with Gasteiger partial charge in [0.2, 0.25) is 5.91 Å². The number of pyridine rings is 1. The number of aromatic nitrogens is 4. The van der Waals surface area contributed by atoms with Crippen LogP contribution in [0.2, 0.25) is 0 Å². The fourth-order valence-electron chi connectivity index (χ4n) is 4.08. The van der Waals surface area contributed by atoms with Gasteiger partial charge in [0.05, 0.1) is 23.7 Å². The van der Waals surface area contributed by atoms with Crippen molar-refractivity contribution in [2.75, 3.05) is 18.4 Å². The Hall–Kier alpha value is -3.00. The van der Waals surface area contributed by atoms with Crippen molar-refractivity contribution in [3.63, 3.8) is 0 Å². The monoisotopic (exact) mass is 394 g/mol. The van der Waals surface area contributed by atoms with Crippen molar-refractivity contribution >= 4 is 22.6 Å². The number of fused-ring (bicyclic) bond motifs is 1. The molecule has 4 heterocycles. The number of nitrogens with one attached hydrogen (secondary N) is 2. The minimum Gasteiger partial charge on any atom is -0.390 e. The molecule has 0 radical (unpaired) electrons. The lowest BCUT2D eigenvalue weighted by Crippen LogP contribution is -2.48. The fourth-order valence-corrected chi connectivity index (χ4v) is 4.08. The summed E-state index contributed by atoms with van der Waals surface area (Å²) in [7, 11) is 0. The van der Waals surface area contributed by atoms with Gasteiger partial charge in [-0.05, 0) is 24.5 Å². The van der Waals surface area contributed by atoms with E-state index in [-0.39, 0.29) is 18.6 Å². The first-order valence-electron chi connectivity index (χ1n) is 10.0. The summed E-state index contributed by atoms with van der Waals surface area (Å²) < 4.78 is 0. The number of hydrogen-bond acceptors (Lipinski definition) is 6. The van der Waals surface area contributed by atoms with Crippen molar-refractivity contribution in [1.82, 2.24) is 24.8 Å². The molecule has 2 atom stereocenters. The molecule has 29 heavy (non-hydrogen) atoms. The van der Waals surface area contributed by atoms with Crippen LogP contribution in [0.5, 0.6) is 0 Å². The standard InChI is InChI=1S/C21H26N6O2/c1-3-19(29)27-9-13(2)6-14(10-27)26-20-16-4-5-22-21(16)23-8-17(20)18-7-15(11-28)24-12-25-18/h4-5,7-8,12-14,28H,3,6,9-11H2,1-2H3,(H2,22,23,26)/t13-,14+/m0/s1. The number of piperidine rings is 1. The summed E-state index contributed by atoms with van der Waals surface area (Å²) in [6.07, 6.45) is 6.60. The molecular weight excluding hydrogens is 368 g/mol. The lowest BCUT2D eigenvalue weighted by Gasteiger charge is -2.37. The molecule has 0 aliphatic carbocycles. The summed E-state index contributed by atoms with van der Waals surface area (Å²) in [5, 5.41) is 14.1. The van der Waals surface area contributed by atoms with Crippen molar-refractivity contribution in [1.29, 1.82) is 0 Å². The molecule has 4 rings (SSSR count). The molecule has 8 heteroatoms. The number of H-pyrrole nitrogens is 1. The molecular formula is C21H26N6O2. The molecule has 8 nitrogen and oxygen atoms in total. The van der Waals surface area contributed by atoms with Gasteiger partial charge in [-0.15, -0.1) is 0 Å². The first-order chi connectivity index (χ1) is 14.1. The Labute approximate surface area is 169 Å². The number of amides is 1. The number of likely N-dealkylation sites (tertiary alicyclic amines) is 1. The van der Waals surface area contributed by atoms with Gasteiger partial charge in [-0.2, -0.15) is 0 Å². The normalized spacial score (nSPS) is 19.5. The predicted octanol–water partition coefficient (Wildman–Crippen LogP) is 2.57. The average molecular weight is 394 g/mol. The lowest BCUT2D eigenvalue weighted by molar-refractivity contribution is -0.132. The van der Waals surface area contributed by atoms with Crippen LogP contribution < -0.4 is 5.32 Å². The van der Waals surface area contributed by atoms with Crippen molar-refractivity contribution in [3.8, 4) is 11.3 Å². The molecule has 1 fully saturated rings. The number of anilines is 1. The van der Waals surface area contributed by atoms with Crippen molar-refractivity contribution < 1.29 is 9.90 Å². The number of hydrogen-bond donors (Lipinski definition) is 3. The Bertz CT molecular complexity index is 1020. The molecule has 0 unspecified atom stereocenters. The zero-order chi connectivity index (χ0) is 20.4. The van der Waals surface area contributed by atoms with E-state index in [1.54, 1.807) is 12.3 Å². The van der Waals surface area contributed by atoms with E-state index < -0.39 is 0 Å². The van der Waals surface area contributed by atoms with Gasteiger partial charge in [0.1, 0.15) is 12.0 Å². The van der Waals surface area contributed by atoms with E-state index >= 15 is 0 Å². The summed E-state index contributed by atoms with van der Waals surface area (Å²) in [5.41, 5.74) is 3.83. The second-order valence-corrected chi connectivity index (χ2v) is 7.67. The average Bonchev–Trinajstić information content (AvgIpc) is 3.22. The largest absolute Gasteiger partial charge is 0.390 e. The van der Waals surface area contributed by atoms with E-state index in [9.17, 15) is 9.90 Å². The van der Waals surface area contributed by atoms with E-state index in [4.69, 9.17) is 0 Å². The van der Waals surface area contributed by atoms with Crippen LogP contribution in [-0.4, -0.2) is 55.0 Å². The van der Waals surface area contributed by atoms with Crippen LogP contribution in [0.3, 0.4) is 0 Å². The molecule has 1 aliphatic heterocycles. The van der Waals surface area contributed by atoms with Crippen LogP contribution in [0.25, 0.3) is 22.3 Å². The number of aliphatic hydroxyl groups is 1. The summed E-state index contributed by atoms with van der Waals surface area (Å²) in [5.74, 6) is 0.609. The molecule has 3 N–H and O–H groups in total. The summed E-state index contributed by atoms with van der Waals surface area (Å²) in [4.78, 5) is 30.4. The molecule has 0 saturated carbocycles. The maximum absolute atomic E-state index is 12.3. The quantitative estimate of drug-likeness (QED) is 0.614. The highest BCUT2D eigenvalue weighted by molar-refractivity contribution is 5.97. The number of carbonyl (C=O) groups is 1. The molecule has 1 aliphatic rings. The Morgan fingerprint density at radius 2 is 2.21 bits per heavy atom. The smallest absolute Gasteiger partial charge is 0.222 e. The highest BCUT2D eigenvalue weighted by Crippen LogP contribution is 2.34. The van der Waals surface area contributed by atoms with Crippen LogP contribution in [0.4, 0.5) is 5.69 Å². The first kappa shape index (κ1) is 19.3. The third kappa shape index (κ3) is 3.93. The summed E-state index contributed by atoms with van der Waals surface area (Å²) >= 11 is 0. The molecule has 3 aromatic heterocycles. The molecule has 0 aromatic carbocycles. The molecule has 0 bridgehead atoms. The van der Waals surface area contributed by atoms with Crippen molar-refractivity contribution in [2.24, 2.45) is 5.92 Å². The van der Waals surface area contributed by atoms with Gasteiger partial charge >= 0.3 is 0 Å². The fraction of sp³-hybridized carbons (Fsp3) is 0.429. The SMILES string of the molecule is CCC(=O)N1C[C@@H](C)C[C@@H](Nc2c(-c3cc(CO)ncn3)cnc3[nH]ccc23)C1. The van der Waals surface area contributed by atoms with Gasteiger partial charge in [0.25, 0.3) is 0 Å². The van der Waals surface area contributed by atoms with E-state index in [1.165, 1.54) is 6.33 Å². The van der Waals surface area contributed by atoms with Crippen LogP contribution in [0.1, 0.15) is 32.4 Å². The zero-order valence-electron chi connectivity index (χ0n) is 16.7. The second-order valence-electron chi connectivity index (χ2n) is 7.67. The molecule has 1 amide bonds. The van der Waals surface area contributed by atoms with Crippen LogP contribution in [0, 0.1) is 5.92 Å². The molecule has 152 valence electrons. The predicted molar refractivity (Wildman–Crippen MR) is 111 cm³/mol. The number of carbonyl (C=O) groups excluding carboxylic acids is 1. The Balaban J connectivity index is 1.72. The maximum atomic E-state index is 12.3. The minimum atomic E-state index is -0.146. The topological polar surface area (TPSA) is 107 Å². The van der Waals surface area contributed by atoms with E-state index in [0.29, 0.717) is 30.3 Å². The maximum Gasteiger partial charge on any atom is 0.222 e. The van der Waals surface area contributed by atoms with Crippen LogP contribution >= 0.6 is 0 Å². The number of nitrogens with zero attached hydrogens (tertiary/aromatic N) is 4. The number of aromatic amines is 1. The Morgan fingerprint density at radius 3 is 3.00 bits per heavy atom. The third-order valence-electron chi connectivity index (χ3n) is 5.41. The van der Waals surface area contributed by atoms with Crippen LogP contribution in [-0.2, 0) is 11.4 Å². The highest BCUT2D eigenvalue weighted by Gasteiger charge is 2.28. The minimum absolute atomic E-state index is 0.132. The van der Waals surface area contributed by atoms with Gasteiger partial charge in [0, 0.05) is 48.9 Å². The van der Waals surface area contributed by atoms with Gasteiger partial charge in [-0.3, -0.25) is 4.79 Å². The molecule has 1 saturated heterocycles. The van der Waals surface area contributed by atoms with Crippen molar-refractivity contribution in [3.05, 3.63) is 36.5 Å². The van der Waals surface area contributed by atoms with Gasteiger partial charge < -0.3 is 20.3 Å². The third-order valence-corrected chi connectivity index (χ3v) is 5.41. The van der Waals surface area contributed by atoms with Crippen LogP contribution in [0.15, 0.2) is 30.9 Å². The molecule has 0 spiro atoms. The summed E-state index contributed by atoms with van der Waals surface area (Å²) in [6.45, 7) is 5.42. The summed E-state index contributed by atoms with van der Waals surface area (Å²) in [6, 6.07) is 3.90. The van der Waals surface area contributed by atoms with Crippen molar-refractivity contribution in [2.45, 2.75) is 39.3 Å². The lowest BCUT2D eigenvalue weighted by atomic mass is 9.95. The van der Waals surface area contributed by atoms with E-state index in [1.807, 2.05) is 24.1 Å². The Kier molecular flexibility index (Phi) is 5.44. The first-order valence-corrected chi connectivity index (χ1v) is 10.0. The van der Waals surface area contributed by atoms with Gasteiger partial charge in [-0.25, -0.2) is 15.0 Å². The number of rotatable bonds is 5. The van der Waals surface area contributed by atoms with Gasteiger partial charge in [0.15, 0.2) is 0 Å².